The zero-order valence-corrected chi connectivity index (χ0v) is 11.7. The summed E-state index contributed by atoms with van der Waals surface area (Å²) in [4.78, 5) is 12.2. The van der Waals surface area contributed by atoms with Gasteiger partial charge in [0.15, 0.2) is 0 Å². The molecular formula is C15H28O. The zero-order valence-electron chi connectivity index (χ0n) is 11.7. The molecule has 0 N–H and O–H groups in total. The van der Waals surface area contributed by atoms with Gasteiger partial charge in [-0.2, -0.15) is 0 Å². The maximum Gasteiger partial charge on any atom is 0.136 e. The fourth-order valence-electron chi connectivity index (χ4n) is 3.14. The summed E-state index contributed by atoms with van der Waals surface area (Å²) >= 11 is 0. The van der Waals surface area contributed by atoms with Crippen LogP contribution in [0.3, 0.4) is 0 Å². The van der Waals surface area contributed by atoms with Crippen LogP contribution in [0, 0.1) is 23.2 Å². The molecule has 94 valence electrons. The molecular weight excluding hydrogens is 196 g/mol. The predicted molar refractivity (Wildman–Crippen MR) is 69.4 cm³/mol. The largest absolute Gasteiger partial charge is 0.299 e. The first kappa shape index (κ1) is 13.7. The number of carbonyl (C=O) groups is 1. The molecule has 1 rings (SSSR count). The van der Waals surface area contributed by atoms with Gasteiger partial charge in [0.1, 0.15) is 5.78 Å². The highest BCUT2D eigenvalue weighted by molar-refractivity contribution is 5.82. The standard InChI is InChI=1S/C15H28O/c1-6-7-12(3)15(4,5)13-9-8-11(2)10-14(13)16/h11-13H,6-10H2,1-5H3. The molecule has 0 radical (unpaired) electrons. The van der Waals surface area contributed by atoms with E-state index in [2.05, 4.69) is 34.6 Å². The first-order chi connectivity index (χ1) is 7.39. The van der Waals surface area contributed by atoms with Gasteiger partial charge in [-0.05, 0) is 30.1 Å². The number of ketones is 1. The molecule has 0 saturated heterocycles. The smallest absolute Gasteiger partial charge is 0.136 e. The molecule has 0 aromatic rings. The summed E-state index contributed by atoms with van der Waals surface area (Å²) in [6, 6.07) is 0. The fraction of sp³-hybridized carbons (Fsp3) is 0.933. The third-order valence-corrected chi connectivity index (χ3v) is 4.78. The molecule has 0 aromatic heterocycles. The van der Waals surface area contributed by atoms with E-state index in [0.29, 0.717) is 23.5 Å². The highest BCUT2D eigenvalue weighted by Crippen LogP contribution is 2.44. The average molecular weight is 224 g/mol. The van der Waals surface area contributed by atoms with Gasteiger partial charge in [-0.3, -0.25) is 4.79 Å². The van der Waals surface area contributed by atoms with Crippen LogP contribution in [0.5, 0.6) is 0 Å². The summed E-state index contributed by atoms with van der Waals surface area (Å²) in [5.74, 6) is 2.10. The molecule has 1 aliphatic carbocycles. The van der Waals surface area contributed by atoms with Gasteiger partial charge in [-0.15, -0.1) is 0 Å². The van der Waals surface area contributed by atoms with Gasteiger partial charge in [-0.25, -0.2) is 0 Å². The second kappa shape index (κ2) is 5.33. The van der Waals surface area contributed by atoms with E-state index >= 15 is 0 Å². The lowest BCUT2D eigenvalue weighted by Crippen LogP contribution is -2.39. The minimum Gasteiger partial charge on any atom is -0.299 e. The van der Waals surface area contributed by atoms with Gasteiger partial charge in [0.05, 0.1) is 0 Å². The van der Waals surface area contributed by atoms with Crippen molar-refractivity contribution in [2.75, 3.05) is 0 Å². The van der Waals surface area contributed by atoms with Gasteiger partial charge in [0.2, 0.25) is 0 Å². The maximum atomic E-state index is 12.2. The van der Waals surface area contributed by atoms with E-state index < -0.39 is 0 Å². The Balaban J connectivity index is 2.71. The minimum absolute atomic E-state index is 0.188. The van der Waals surface area contributed by atoms with Crippen molar-refractivity contribution in [2.24, 2.45) is 23.2 Å². The van der Waals surface area contributed by atoms with Crippen LogP contribution in [0.1, 0.15) is 66.7 Å². The van der Waals surface area contributed by atoms with E-state index in [1.54, 1.807) is 0 Å². The molecule has 0 aliphatic heterocycles. The van der Waals surface area contributed by atoms with Gasteiger partial charge in [0, 0.05) is 12.3 Å². The summed E-state index contributed by atoms with van der Waals surface area (Å²) in [7, 11) is 0. The molecule has 0 bridgehead atoms. The fourth-order valence-corrected chi connectivity index (χ4v) is 3.14. The summed E-state index contributed by atoms with van der Waals surface area (Å²) in [6.07, 6.45) is 5.63. The lowest BCUT2D eigenvalue weighted by molar-refractivity contribution is -0.131. The Morgan fingerprint density at radius 1 is 1.38 bits per heavy atom. The van der Waals surface area contributed by atoms with E-state index in [1.165, 1.54) is 19.3 Å². The topological polar surface area (TPSA) is 17.1 Å². The van der Waals surface area contributed by atoms with Crippen molar-refractivity contribution in [3.05, 3.63) is 0 Å². The molecule has 1 aliphatic rings. The molecule has 3 atom stereocenters. The van der Waals surface area contributed by atoms with E-state index in [0.717, 1.165) is 12.8 Å². The van der Waals surface area contributed by atoms with E-state index in [9.17, 15) is 4.79 Å². The van der Waals surface area contributed by atoms with Crippen LogP contribution in [-0.2, 0) is 4.79 Å². The van der Waals surface area contributed by atoms with Crippen molar-refractivity contribution in [3.8, 4) is 0 Å². The Hall–Kier alpha value is -0.330. The van der Waals surface area contributed by atoms with Crippen LogP contribution in [0.25, 0.3) is 0 Å². The lowest BCUT2D eigenvalue weighted by Gasteiger charge is -2.41. The Kier molecular flexibility index (Phi) is 4.58. The highest BCUT2D eigenvalue weighted by Gasteiger charge is 2.40. The van der Waals surface area contributed by atoms with Gasteiger partial charge in [-0.1, -0.05) is 47.5 Å². The normalized spacial score (nSPS) is 29.2. The van der Waals surface area contributed by atoms with E-state index in [4.69, 9.17) is 0 Å². The van der Waals surface area contributed by atoms with Crippen LogP contribution in [0.15, 0.2) is 0 Å². The third kappa shape index (κ3) is 2.87. The van der Waals surface area contributed by atoms with E-state index in [1.807, 2.05) is 0 Å². The molecule has 1 nitrogen and oxygen atoms in total. The number of hydrogen-bond acceptors (Lipinski definition) is 1. The quantitative estimate of drug-likeness (QED) is 0.689. The van der Waals surface area contributed by atoms with E-state index in [-0.39, 0.29) is 5.41 Å². The van der Waals surface area contributed by atoms with Crippen LogP contribution < -0.4 is 0 Å². The number of hydrogen-bond donors (Lipinski definition) is 0. The molecule has 16 heavy (non-hydrogen) atoms. The summed E-state index contributed by atoms with van der Waals surface area (Å²) in [6.45, 7) is 11.3. The second-order valence-electron chi connectivity index (χ2n) is 6.42. The van der Waals surface area contributed by atoms with Crippen molar-refractivity contribution in [3.63, 3.8) is 0 Å². The van der Waals surface area contributed by atoms with Crippen LogP contribution in [0.4, 0.5) is 0 Å². The van der Waals surface area contributed by atoms with Gasteiger partial charge in [0.25, 0.3) is 0 Å². The Bertz CT molecular complexity index is 242. The maximum absolute atomic E-state index is 12.2. The Morgan fingerprint density at radius 3 is 2.50 bits per heavy atom. The molecule has 3 unspecified atom stereocenters. The van der Waals surface area contributed by atoms with Gasteiger partial charge < -0.3 is 0 Å². The van der Waals surface area contributed by atoms with Crippen LogP contribution >= 0.6 is 0 Å². The van der Waals surface area contributed by atoms with Crippen molar-refractivity contribution in [1.82, 2.24) is 0 Å². The SMILES string of the molecule is CCCC(C)C(C)(C)C1CCC(C)CC1=O. The monoisotopic (exact) mass is 224 g/mol. The predicted octanol–water partition coefficient (Wildman–Crippen LogP) is 4.45. The molecule has 0 spiro atoms. The molecule has 1 heteroatoms. The molecule has 0 amide bonds. The first-order valence-corrected chi connectivity index (χ1v) is 6.92. The minimum atomic E-state index is 0.188. The molecule has 1 saturated carbocycles. The Morgan fingerprint density at radius 2 is 2.00 bits per heavy atom. The third-order valence-electron chi connectivity index (χ3n) is 4.78. The summed E-state index contributed by atoms with van der Waals surface area (Å²) in [5, 5.41) is 0. The molecule has 0 heterocycles. The van der Waals surface area contributed by atoms with Crippen LogP contribution in [-0.4, -0.2) is 5.78 Å². The Labute approximate surface area is 101 Å². The molecule has 1 fully saturated rings. The van der Waals surface area contributed by atoms with Crippen molar-refractivity contribution in [1.29, 1.82) is 0 Å². The van der Waals surface area contributed by atoms with Crippen LogP contribution in [0.2, 0.25) is 0 Å². The van der Waals surface area contributed by atoms with Crippen molar-refractivity contribution < 1.29 is 4.79 Å². The van der Waals surface area contributed by atoms with Crippen molar-refractivity contribution >= 4 is 5.78 Å². The van der Waals surface area contributed by atoms with Crippen molar-refractivity contribution in [2.45, 2.75) is 66.7 Å². The second-order valence-corrected chi connectivity index (χ2v) is 6.42. The molecule has 0 aromatic carbocycles. The average Bonchev–Trinajstić information content (AvgIpc) is 2.17. The number of rotatable bonds is 4. The lowest BCUT2D eigenvalue weighted by atomic mass is 9.62. The first-order valence-electron chi connectivity index (χ1n) is 6.92. The zero-order chi connectivity index (χ0) is 12.3. The summed E-state index contributed by atoms with van der Waals surface area (Å²) < 4.78 is 0. The summed E-state index contributed by atoms with van der Waals surface area (Å²) in [5.41, 5.74) is 0.188. The number of Topliss-reactive ketones (excluding diaryl/α,β-unsaturated/α-hetero) is 1. The van der Waals surface area contributed by atoms with Gasteiger partial charge >= 0.3 is 0 Å². The highest BCUT2D eigenvalue weighted by atomic mass is 16.1. The number of carbonyl (C=O) groups excluding carboxylic acids is 1.